The monoisotopic (exact) mass is 275 g/mol. The molecule has 0 bridgehead atoms. The van der Waals surface area contributed by atoms with Gasteiger partial charge in [-0.3, -0.25) is 9.69 Å². The van der Waals surface area contributed by atoms with Gasteiger partial charge in [0.25, 0.3) is 0 Å². The van der Waals surface area contributed by atoms with E-state index < -0.39 is 0 Å². The number of halogens is 1. The van der Waals surface area contributed by atoms with E-state index in [4.69, 9.17) is 5.73 Å². The first-order chi connectivity index (χ1) is 7.99. The van der Waals surface area contributed by atoms with E-state index in [1.54, 1.807) is 0 Å². The number of nitrogens with two attached hydrogens (primary N) is 1. The highest BCUT2D eigenvalue weighted by molar-refractivity contribution is 5.85. The van der Waals surface area contributed by atoms with Crippen LogP contribution in [0.5, 0.6) is 0 Å². The number of rotatable bonds is 3. The van der Waals surface area contributed by atoms with Crippen LogP contribution in [0.25, 0.3) is 0 Å². The summed E-state index contributed by atoms with van der Waals surface area (Å²) in [6.07, 6.45) is 2.35. The normalized spacial score (nSPS) is 30.8. The average molecular weight is 276 g/mol. The summed E-state index contributed by atoms with van der Waals surface area (Å²) in [6, 6.07) is 0.740. The van der Waals surface area contributed by atoms with Crippen molar-refractivity contribution in [1.82, 2.24) is 9.80 Å². The van der Waals surface area contributed by atoms with Gasteiger partial charge in [-0.2, -0.15) is 0 Å². The number of carbonyl (C=O) groups is 1. The van der Waals surface area contributed by atoms with Crippen molar-refractivity contribution in [3.8, 4) is 0 Å². The molecule has 2 fully saturated rings. The van der Waals surface area contributed by atoms with Gasteiger partial charge in [0.1, 0.15) is 0 Å². The quantitative estimate of drug-likeness (QED) is 0.834. The number of likely N-dealkylation sites (N-methyl/N-ethyl adjacent to an activating group) is 1. The number of fused-ring (bicyclic) bond motifs is 1. The third-order valence-corrected chi connectivity index (χ3v) is 4.53. The first-order valence-corrected chi connectivity index (χ1v) is 6.72. The molecule has 0 aromatic carbocycles. The van der Waals surface area contributed by atoms with Crippen molar-refractivity contribution in [2.75, 3.05) is 26.7 Å². The van der Waals surface area contributed by atoms with E-state index in [-0.39, 0.29) is 18.3 Å². The summed E-state index contributed by atoms with van der Waals surface area (Å²) in [4.78, 5) is 16.3. The van der Waals surface area contributed by atoms with Crippen LogP contribution in [0, 0.1) is 11.8 Å². The number of likely N-dealkylation sites (tertiary alicyclic amines) is 1. The van der Waals surface area contributed by atoms with Gasteiger partial charge in [0.2, 0.25) is 5.91 Å². The van der Waals surface area contributed by atoms with Gasteiger partial charge >= 0.3 is 0 Å². The van der Waals surface area contributed by atoms with Gasteiger partial charge in [0, 0.05) is 25.2 Å². The Bertz CT molecular complexity index is 298. The van der Waals surface area contributed by atoms with E-state index in [1.807, 2.05) is 11.9 Å². The van der Waals surface area contributed by atoms with E-state index in [2.05, 4.69) is 18.7 Å². The van der Waals surface area contributed by atoms with Crippen molar-refractivity contribution in [3.05, 3.63) is 0 Å². The molecule has 2 rings (SSSR count). The molecule has 18 heavy (non-hydrogen) atoms. The van der Waals surface area contributed by atoms with Crippen LogP contribution in [-0.2, 0) is 4.79 Å². The predicted molar refractivity (Wildman–Crippen MR) is 75.8 cm³/mol. The van der Waals surface area contributed by atoms with E-state index >= 15 is 0 Å². The largest absolute Gasteiger partial charge is 0.341 e. The predicted octanol–water partition coefficient (Wildman–Crippen LogP) is 0.944. The number of hydrogen-bond donors (Lipinski definition) is 1. The molecule has 1 heterocycles. The first kappa shape index (κ1) is 15.7. The van der Waals surface area contributed by atoms with Crippen LogP contribution < -0.4 is 5.73 Å². The Balaban J connectivity index is 0.00000162. The lowest BCUT2D eigenvalue weighted by molar-refractivity contribution is -0.131. The Hall–Kier alpha value is -0.320. The van der Waals surface area contributed by atoms with Gasteiger partial charge in [-0.15, -0.1) is 12.4 Å². The third kappa shape index (κ3) is 3.16. The zero-order chi connectivity index (χ0) is 12.6. The minimum Gasteiger partial charge on any atom is -0.341 e. The van der Waals surface area contributed by atoms with Gasteiger partial charge in [-0.1, -0.05) is 0 Å². The van der Waals surface area contributed by atoms with Crippen LogP contribution in [0.3, 0.4) is 0 Å². The second-order valence-corrected chi connectivity index (χ2v) is 5.97. The van der Waals surface area contributed by atoms with Crippen LogP contribution in [0.2, 0.25) is 0 Å². The Morgan fingerprint density at radius 3 is 2.61 bits per heavy atom. The molecular weight excluding hydrogens is 250 g/mol. The first-order valence-electron chi connectivity index (χ1n) is 6.72. The number of carbonyl (C=O) groups excluding carboxylic acids is 1. The van der Waals surface area contributed by atoms with Gasteiger partial charge in [0.05, 0.1) is 6.54 Å². The maximum absolute atomic E-state index is 12.1. The van der Waals surface area contributed by atoms with Crippen molar-refractivity contribution in [1.29, 1.82) is 0 Å². The molecule has 0 spiro atoms. The van der Waals surface area contributed by atoms with Crippen LogP contribution in [0.1, 0.15) is 26.7 Å². The second kappa shape index (κ2) is 6.22. The van der Waals surface area contributed by atoms with Gasteiger partial charge < -0.3 is 10.6 Å². The summed E-state index contributed by atoms with van der Waals surface area (Å²) < 4.78 is 0. The zero-order valence-electron chi connectivity index (χ0n) is 11.6. The van der Waals surface area contributed by atoms with Gasteiger partial charge in [0.15, 0.2) is 0 Å². The molecule has 0 aromatic heterocycles. The Morgan fingerprint density at radius 1 is 1.39 bits per heavy atom. The molecule has 0 aromatic rings. The lowest BCUT2D eigenvalue weighted by Gasteiger charge is -2.25. The molecule has 1 amide bonds. The Morgan fingerprint density at radius 2 is 2.06 bits per heavy atom. The lowest BCUT2D eigenvalue weighted by Crippen LogP contribution is -2.41. The number of hydrogen-bond acceptors (Lipinski definition) is 3. The molecule has 4 nitrogen and oxygen atoms in total. The lowest BCUT2D eigenvalue weighted by atomic mass is 9.98. The molecule has 2 N–H and O–H groups in total. The van der Waals surface area contributed by atoms with Crippen molar-refractivity contribution >= 4 is 18.3 Å². The molecule has 3 atom stereocenters. The molecule has 1 saturated carbocycles. The molecule has 2 aliphatic rings. The summed E-state index contributed by atoms with van der Waals surface area (Å²) in [6.45, 7) is 6.58. The van der Waals surface area contributed by atoms with Crippen LogP contribution in [0.15, 0.2) is 0 Å². The SMILES string of the molecule is CC(C)N(C)CC(=O)N1CC2CCC(N)C2C1.Cl. The van der Waals surface area contributed by atoms with Crippen LogP contribution in [-0.4, -0.2) is 54.5 Å². The molecule has 0 radical (unpaired) electrons. The average Bonchev–Trinajstić information content (AvgIpc) is 2.81. The minimum absolute atomic E-state index is 0. The van der Waals surface area contributed by atoms with E-state index in [9.17, 15) is 4.79 Å². The van der Waals surface area contributed by atoms with Gasteiger partial charge in [-0.25, -0.2) is 0 Å². The Kier molecular flexibility index (Phi) is 5.44. The molecular formula is C13H26ClN3O. The number of nitrogens with zero attached hydrogens (tertiary/aromatic N) is 2. The summed E-state index contributed by atoms with van der Waals surface area (Å²) in [5, 5.41) is 0. The molecule has 106 valence electrons. The smallest absolute Gasteiger partial charge is 0.236 e. The molecule has 1 aliphatic heterocycles. The van der Waals surface area contributed by atoms with Crippen molar-refractivity contribution < 1.29 is 4.79 Å². The fourth-order valence-electron chi connectivity index (χ4n) is 3.01. The van der Waals surface area contributed by atoms with Crippen molar-refractivity contribution in [2.24, 2.45) is 17.6 Å². The zero-order valence-corrected chi connectivity index (χ0v) is 12.4. The summed E-state index contributed by atoms with van der Waals surface area (Å²) in [7, 11) is 2.01. The molecule has 5 heteroatoms. The van der Waals surface area contributed by atoms with Crippen LogP contribution >= 0.6 is 12.4 Å². The summed E-state index contributed by atoms with van der Waals surface area (Å²) in [5.74, 6) is 1.49. The van der Waals surface area contributed by atoms with Crippen LogP contribution in [0.4, 0.5) is 0 Å². The van der Waals surface area contributed by atoms with E-state index in [1.165, 1.54) is 6.42 Å². The highest BCUT2D eigenvalue weighted by atomic mass is 35.5. The Labute approximate surface area is 116 Å². The standard InChI is InChI=1S/C13H25N3O.ClH/c1-9(2)15(3)8-13(17)16-6-10-4-5-12(14)11(10)7-16;/h9-12H,4-8,14H2,1-3H3;1H. The van der Waals surface area contributed by atoms with Gasteiger partial charge in [-0.05, 0) is 45.6 Å². The summed E-state index contributed by atoms with van der Waals surface area (Å²) in [5.41, 5.74) is 6.08. The molecule has 1 aliphatic carbocycles. The van der Waals surface area contributed by atoms with Crippen molar-refractivity contribution in [3.63, 3.8) is 0 Å². The minimum atomic E-state index is 0. The molecule has 1 saturated heterocycles. The topological polar surface area (TPSA) is 49.6 Å². The summed E-state index contributed by atoms with van der Waals surface area (Å²) >= 11 is 0. The fraction of sp³-hybridized carbons (Fsp3) is 0.923. The van der Waals surface area contributed by atoms with E-state index in [0.717, 1.165) is 19.5 Å². The van der Waals surface area contributed by atoms with E-state index in [0.29, 0.717) is 30.5 Å². The second-order valence-electron chi connectivity index (χ2n) is 5.97. The van der Waals surface area contributed by atoms with Crippen molar-refractivity contribution in [2.45, 2.75) is 38.8 Å². The third-order valence-electron chi connectivity index (χ3n) is 4.53. The fourth-order valence-corrected chi connectivity index (χ4v) is 3.01. The number of amides is 1. The maximum Gasteiger partial charge on any atom is 0.236 e. The maximum atomic E-state index is 12.1. The molecule has 3 unspecified atom stereocenters. The highest BCUT2D eigenvalue weighted by Gasteiger charge is 2.42. The highest BCUT2D eigenvalue weighted by Crippen LogP contribution is 2.37.